The zero-order valence-corrected chi connectivity index (χ0v) is 22.9. The summed E-state index contributed by atoms with van der Waals surface area (Å²) in [6, 6.07) is 14.9. The standard InChI is InChI=1S/C31H34FN5O2/c1-19-30(36(4)35-34-19)21-16-28-29(33-18-21)24-10-9-22(31(2,3)38)17-27(24)37(28)26(15-20-11-13-39-14-12-20)23-7-5-6-8-25(23)32/h5-10,16-18,20,26,38H,11-15H2,1-4H3. The maximum atomic E-state index is 15.5. The average Bonchev–Trinajstić information content (AvgIpc) is 3.43. The van der Waals surface area contributed by atoms with E-state index < -0.39 is 5.60 Å². The maximum absolute atomic E-state index is 15.5. The molecule has 4 heterocycles. The second-order valence-corrected chi connectivity index (χ2v) is 11.2. The number of halogens is 1. The molecule has 39 heavy (non-hydrogen) atoms. The molecule has 202 valence electrons. The van der Waals surface area contributed by atoms with Gasteiger partial charge in [0.15, 0.2) is 0 Å². The Morgan fingerprint density at radius 1 is 1.10 bits per heavy atom. The molecule has 1 fully saturated rings. The van der Waals surface area contributed by atoms with Crippen LogP contribution in [0.1, 0.15) is 56.0 Å². The fourth-order valence-corrected chi connectivity index (χ4v) is 6.02. The van der Waals surface area contributed by atoms with Gasteiger partial charge < -0.3 is 14.4 Å². The average molecular weight is 528 g/mol. The van der Waals surface area contributed by atoms with Gasteiger partial charge in [0.2, 0.25) is 0 Å². The monoisotopic (exact) mass is 527 g/mol. The first-order chi connectivity index (χ1) is 18.7. The summed E-state index contributed by atoms with van der Waals surface area (Å²) in [6.07, 6.45) is 4.52. The van der Waals surface area contributed by atoms with E-state index in [0.29, 0.717) is 11.5 Å². The third kappa shape index (κ3) is 4.61. The van der Waals surface area contributed by atoms with Gasteiger partial charge in [0, 0.05) is 43.0 Å². The highest BCUT2D eigenvalue weighted by molar-refractivity contribution is 6.07. The summed E-state index contributed by atoms with van der Waals surface area (Å²) in [5.41, 5.74) is 5.72. The van der Waals surface area contributed by atoms with Crippen molar-refractivity contribution in [1.82, 2.24) is 24.5 Å². The molecule has 8 heteroatoms. The third-order valence-corrected chi connectivity index (χ3v) is 8.09. The molecular weight excluding hydrogens is 493 g/mol. The van der Waals surface area contributed by atoms with Gasteiger partial charge >= 0.3 is 0 Å². The molecular formula is C31H34FN5O2. The summed E-state index contributed by atoms with van der Waals surface area (Å²) in [6.45, 7) is 6.95. The number of aliphatic hydroxyl groups is 1. The first-order valence-electron chi connectivity index (χ1n) is 13.6. The maximum Gasteiger partial charge on any atom is 0.128 e. The molecule has 1 atom stereocenters. The molecule has 1 saturated heterocycles. The Morgan fingerprint density at radius 3 is 2.56 bits per heavy atom. The summed E-state index contributed by atoms with van der Waals surface area (Å²) in [5, 5.41) is 20.3. The van der Waals surface area contributed by atoms with Crippen LogP contribution in [0.25, 0.3) is 33.2 Å². The normalized spacial score (nSPS) is 15.8. The molecule has 0 amide bonds. The zero-order valence-electron chi connectivity index (χ0n) is 22.9. The van der Waals surface area contributed by atoms with Gasteiger partial charge in [-0.05, 0) is 69.7 Å². The van der Waals surface area contributed by atoms with Crippen LogP contribution in [0, 0.1) is 18.7 Å². The number of rotatable bonds is 6. The van der Waals surface area contributed by atoms with Gasteiger partial charge in [-0.2, -0.15) is 0 Å². The minimum atomic E-state index is -1.03. The molecule has 7 nitrogen and oxygen atoms in total. The molecule has 2 aromatic carbocycles. The van der Waals surface area contributed by atoms with Crippen molar-refractivity contribution in [2.24, 2.45) is 13.0 Å². The lowest BCUT2D eigenvalue weighted by atomic mass is 9.88. The molecule has 0 aliphatic carbocycles. The Labute approximate surface area is 227 Å². The Balaban J connectivity index is 1.66. The van der Waals surface area contributed by atoms with Gasteiger partial charge in [0.25, 0.3) is 0 Å². The number of pyridine rings is 1. The van der Waals surface area contributed by atoms with E-state index in [1.54, 1.807) is 24.6 Å². The molecule has 5 aromatic rings. The highest BCUT2D eigenvalue weighted by atomic mass is 19.1. The lowest BCUT2D eigenvalue weighted by Crippen LogP contribution is -2.22. The van der Waals surface area contributed by atoms with Crippen LogP contribution in [0.3, 0.4) is 0 Å². The molecule has 1 N–H and O–H groups in total. The van der Waals surface area contributed by atoms with Crippen molar-refractivity contribution >= 4 is 21.9 Å². The van der Waals surface area contributed by atoms with Crippen LogP contribution in [0.15, 0.2) is 54.7 Å². The second kappa shape index (κ2) is 9.84. The van der Waals surface area contributed by atoms with Crippen LogP contribution in [0.5, 0.6) is 0 Å². The smallest absolute Gasteiger partial charge is 0.128 e. The summed E-state index contributed by atoms with van der Waals surface area (Å²) >= 11 is 0. The van der Waals surface area contributed by atoms with Crippen molar-refractivity contribution < 1.29 is 14.2 Å². The molecule has 0 spiro atoms. The highest BCUT2D eigenvalue weighted by Gasteiger charge is 2.29. The van der Waals surface area contributed by atoms with Gasteiger partial charge in [-0.3, -0.25) is 4.98 Å². The van der Waals surface area contributed by atoms with E-state index in [1.165, 1.54) is 6.07 Å². The van der Waals surface area contributed by atoms with Crippen molar-refractivity contribution in [2.45, 2.75) is 51.7 Å². The lowest BCUT2D eigenvalue weighted by molar-refractivity contribution is 0.0608. The van der Waals surface area contributed by atoms with E-state index >= 15 is 4.39 Å². The number of ether oxygens (including phenoxy) is 1. The Kier molecular flexibility index (Phi) is 6.47. The third-order valence-electron chi connectivity index (χ3n) is 8.09. The molecule has 6 rings (SSSR count). The fourth-order valence-electron chi connectivity index (χ4n) is 6.02. The highest BCUT2D eigenvalue weighted by Crippen LogP contribution is 2.41. The van der Waals surface area contributed by atoms with Gasteiger partial charge in [-0.25, -0.2) is 9.07 Å². The van der Waals surface area contributed by atoms with E-state index in [4.69, 9.17) is 9.72 Å². The fraction of sp³-hybridized carbons (Fsp3) is 0.387. The van der Waals surface area contributed by atoms with Crippen molar-refractivity contribution in [1.29, 1.82) is 0 Å². The SMILES string of the molecule is Cc1nnn(C)c1-c1cnc2c3ccc(C(C)(C)O)cc3n(C(CC3CCOCC3)c3ccccc3F)c2c1. The quantitative estimate of drug-likeness (QED) is 0.290. The Bertz CT molecular complexity index is 1640. The van der Waals surface area contributed by atoms with E-state index in [-0.39, 0.29) is 11.9 Å². The van der Waals surface area contributed by atoms with Crippen molar-refractivity contribution in [3.05, 3.63) is 77.4 Å². The van der Waals surface area contributed by atoms with Crippen LogP contribution in [-0.2, 0) is 17.4 Å². The first-order valence-corrected chi connectivity index (χ1v) is 13.6. The predicted molar refractivity (Wildman–Crippen MR) is 150 cm³/mol. The topological polar surface area (TPSA) is 78.0 Å². The molecule has 0 bridgehead atoms. The van der Waals surface area contributed by atoms with Crippen LogP contribution < -0.4 is 0 Å². The molecule has 0 radical (unpaired) electrons. The largest absolute Gasteiger partial charge is 0.386 e. The minimum absolute atomic E-state index is 0.223. The number of aromatic nitrogens is 5. The predicted octanol–water partition coefficient (Wildman–Crippen LogP) is 6.07. The van der Waals surface area contributed by atoms with Crippen molar-refractivity contribution in [3.8, 4) is 11.3 Å². The Hall–Kier alpha value is -3.62. The van der Waals surface area contributed by atoms with E-state index in [9.17, 15) is 5.11 Å². The van der Waals surface area contributed by atoms with Crippen LogP contribution in [-0.4, -0.2) is 42.9 Å². The molecule has 0 saturated carbocycles. The summed E-state index contributed by atoms with van der Waals surface area (Å²) in [5.74, 6) is 0.173. The number of aryl methyl sites for hydroxylation is 2. The van der Waals surface area contributed by atoms with E-state index in [1.807, 2.05) is 50.5 Å². The van der Waals surface area contributed by atoms with E-state index in [0.717, 1.165) is 76.9 Å². The Morgan fingerprint density at radius 2 is 1.87 bits per heavy atom. The zero-order chi connectivity index (χ0) is 27.3. The van der Waals surface area contributed by atoms with Crippen molar-refractivity contribution in [2.75, 3.05) is 13.2 Å². The molecule has 3 aromatic heterocycles. The second-order valence-electron chi connectivity index (χ2n) is 11.2. The number of hydrogen-bond donors (Lipinski definition) is 1. The number of nitrogens with zero attached hydrogens (tertiary/aromatic N) is 5. The minimum Gasteiger partial charge on any atom is -0.386 e. The van der Waals surface area contributed by atoms with Crippen LogP contribution in [0.2, 0.25) is 0 Å². The van der Waals surface area contributed by atoms with Gasteiger partial charge in [0.05, 0.1) is 39.6 Å². The van der Waals surface area contributed by atoms with Gasteiger partial charge in [-0.1, -0.05) is 35.5 Å². The number of benzene rings is 2. The van der Waals surface area contributed by atoms with E-state index in [2.05, 4.69) is 20.9 Å². The lowest BCUT2D eigenvalue weighted by Gasteiger charge is -2.29. The van der Waals surface area contributed by atoms with Crippen LogP contribution >= 0.6 is 0 Å². The summed E-state index contributed by atoms with van der Waals surface area (Å²) < 4.78 is 25.2. The molecule has 1 aliphatic rings. The number of fused-ring (bicyclic) bond motifs is 3. The number of hydrogen-bond acceptors (Lipinski definition) is 5. The van der Waals surface area contributed by atoms with Gasteiger partial charge in [-0.15, -0.1) is 5.10 Å². The van der Waals surface area contributed by atoms with Crippen LogP contribution in [0.4, 0.5) is 4.39 Å². The molecule has 1 aliphatic heterocycles. The molecule has 1 unspecified atom stereocenters. The summed E-state index contributed by atoms with van der Waals surface area (Å²) in [7, 11) is 1.87. The van der Waals surface area contributed by atoms with Gasteiger partial charge in [0.1, 0.15) is 5.82 Å². The summed E-state index contributed by atoms with van der Waals surface area (Å²) in [4.78, 5) is 4.94. The van der Waals surface area contributed by atoms with Crippen molar-refractivity contribution in [3.63, 3.8) is 0 Å². The first kappa shape index (κ1) is 25.6.